The van der Waals surface area contributed by atoms with Crippen LogP contribution in [0.2, 0.25) is 10.0 Å². The van der Waals surface area contributed by atoms with E-state index in [0.29, 0.717) is 21.3 Å². The predicted octanol–water partition coefficient (Wildman–Crippen LogP) is 2.40. The number of carbonyl (C=O) groups is 1. The van der Waals surface area contributed by atoms with Gasteiger partial charge in [0, 0.05) is 11.2 Å². The second-order valence-corrected chi connectivity index (χ2v) is 3.91. The largest absolute Gasteiger partial charge is 0.360 e. The van der Waals surface area contributed by atoms with E-state index in [1.165, 1.54) is 12.4 Å². The van der Waals surface area contributed by atoms with Gasteiger partial charge in [-0.05, 0) is 18.2 Å². The maximum Gasteiger partial charge on any atom is 0.274 e. The Kier molecular flexibility index (Phi) is 3.12. The molecule has 16 heavy (non-hydrogen) atoms. The molecule has 1 aromatic rings. The number of rotatable bonds is 2. The summed E-state index contributed by atoms with van der Waals surface area (Å²) in [4.78, 5) is 11.1. The fourth-order valence-electron chi connectivity index (χ4n) is 1.15. The minimum atomic E-state index is -0.252. The summed E-state index contributed by atoms with van der Waals surface area (Å²) < 4.78 is 0. The minimum Gasteiger partial charge on any atom is -0.360 e. The standard InChI is InChI=1S/C10H7Cl2N3O/c11-7-1-2-9(8(12)3-7)13-4-6-5-14-15-10(6)16/h1-5,13H,(H,15,16)/b6-4-. The summed E-state index contributed by atoms with van der Waals surface area (Å²) in [5.41, 5.74) is 3.41. The molecule has 1 amide bonds. The number of anilines is 1. The van der Waals surface area contributed by atoms with Gasteiger partial charge in [0.15, 0.2) is 0 Å². The van der Waals surface area contributed by atoms with Crippen molar-refractivity contribution in [2.24, 2.45) is 5.10 Å². The van der Waals surface area contributed by atoms with E-state index in [4.69, 9.17) is 23.2 Å². The number of hydrogen-bond donors (Lipinski definition) is 2. The van der Waals surface area contributed by atoms with Crippen molar-refractivity contribution >= 4 is 41.0 Å². The number of hydrazone groups is 1. The van der Waals surface area contributed by atoms with Crippen molar-refractivity contribution < 1.29 is 4.79 Å². The summed E-state index contributed by atoms with van der Waals surface area (Å²) in [7, 11) is 0. The van der Waals surface area contributed by atoms with E-state index in [2.05, 4.69) is 15.8 Å². The van der Waals surface area contributed by atoms with Crippen molar-refractivity contribution in [3.8, 4) is 0 Å². The third-order valence-electron chi connectivity index (χ3n) is 1.95. The quantitative estimate of drug-likeness (QED) is 0.798. The second-order valence-electron chi connectivity index (χ2n) is 3.07. The third-order valence-corrected chi connectivity index (χ3v) is 2.49. The molecule has 1 aliphatic heterocycles. The highest BCUT2D eigenvalue weighted by molar-refractivity contribution is 6.36. The van der Waals surface area contributed by atoms with Crippen LogP contribution in [0.15, 0.2) is 35.1 Å². The van der Waals surface area contributed by atoms with Crippen LogP contribution in [0.3, 0.4) is 0 Å². The summed E-state index contributed by atoms with van der Waals surface area (Å²) in [6.45, 7) is 0. The van der Waals surface area contributed by atoms with E-state index in [-0.39, 0.29) is 5.91 Å². The number of nitrogens with one attached hydrogen (secondary N) is 2. The molecule has 2 rings (SSSR count). The van der Waals surface area contributed by atoms with Gasteiger partial charge >= 0.3 is 0 Å². The molecule has 1 heterocycles. The average Bonchev–Trinajstić information content (AvgIpc) is 2.63. The topological polar surface area (TPSA) is 53.5 Å². The molecule has 2 N–H and O–H groups in total. The smallest absolute Gasteiger partial charge is 0.274 e. The first-order valence-electron chi connectivity index (χ1n) is 4.42. The van der Waals surface area contributed by atoms with Crippen LogP contribution in [0.1, 0.15) is 0 Å². The summed E-state index contributed by atoms with van der Waals surface area (Å²) in [6.07, 6.45) is 2.96. The molecule has 1 aliphatic rings. The van der Waals surface area contributed by atoms with Crippen molar-refractivity contribution in [1.82, 2.24) is 5.43 Å². The zero-order valence-corrected chi connectivity index (χ0v) is 9.51. The maximum absolute atomic E-state index is 11.1. The van der Waals surface area contributed by atoms with Crippen molar-refractivity contribution in [3.05, 3.63) is 40.0 Å². The molecule has 4 nitrogen and oxygen atoms in total. The highest BCUT2D eigenvalue weighted by atomic mass is 35.5. The van der Waals surface area contributed by atoms with Crippen LogP contribution in [0, 0.1) is 0 Å². The first kappa shape index (κ1) is 11.0. The average molecular weight is 256 g/mol. The first-order chi connectivity index (χ1) is 7.66. The van der Waals surface area contributed by atoms with Crippen LogP contribution < -0.4 is 10.7 Å². The lowest BCUT2D eigenvalue weighted by atomic mass is 10.3. The van der Waals surface area contributed by atoms with Gasteiger partial charge in [0.2, 0.25) is 0 Å². The molecule has 0 fully saturated rings. The van der Waals surface area contributed by atoms with Crippen molar-refractivity contribution in [1.29, 1.82) is 0 Å². The molecule has 0 saturated carbocycles. The molecule has 0 spiro atoms. The maximum atomic E-state index is 11.1. The second kappa shape index (κ2) is 4.55. The zero-order chi connectivity index (χ0) is 11.5. The Bertz CT molecular complexity index is 497. The van der Waals surface area contributed by atoms with Crippen LogP contribution in [0.5, 0.6) is 0 Å². The summed E-state index contributed by atoms with van der Waals surface area (Å²) in [5, 5.41) is 7.56. The number of halogens is 2. The highest BCUT2D eigenvalue weighted by Crippen LogP contribution is 2.25. The Morgan fingerprint density at radius 1 is 1.38 bits per heavy atom. The molecule has 0 unspecified atom stereocenters. The molecule has 0 aromatic heterocycles. The first-order valence-corrected chi connectivity index (χ1v) is 5.17. The summed E-state index contributed by atoms with van der Waals surface area (Å²) in [5.74, 6) is -0.252. The number of benzene rings is 1. The zero-order valence-electron chi connectivity index (χ0n) is 8.00. The van der Waals surface area contributed by atoms with Gasteiger partial charge in [-0.25, -0.2) is 5.43 Å². The lowest BCUT2D eigenvalue weighted by molar-refractivity contribution is -0.116. The molecule has 0 bridgehead atoms. The Morgan fingerprint density at radius 2 is 2.19 bits per heavy atom. The number of carbonyl (C=O) groups excluding carboxylic acids is 1. The van der Waals surface area contributed by atoms with Crippen LogP contribution in [-0.4, -0.2) is 12.1 Å². The summed E-state index contributed by atoms with van der Waals surface area (Å²) >= 11 is 11.7. The Labute approximate surface area is 102 Å². The van der Waals surface area contributed by atoms with Crippen molar-refractivity contribution in [2.75, 3.05) is 5.32 Å². The van der Waals surface area contributed by atoms with E-state index in [9.17, 15) is 4.79 Å². The van der Waals surface area contributed by atoms with Gasteiger partial charge in [-0.3, -0.25) is 4.79 Å². The fraction of sp³-hybridized carbons (Fsp3) is 0. The molecule has 82 valence electrons. The van der Waals surface area contributed by atoms with Gasteiger partial charge in [-0.2, -0.15) is 5.10 Å². The van der Waals surface area contributed by atoms with E-state index in [1.807, 2.05) is 0 Å². The van der Waals surface area contributed by atoms with Crippen LogP contribution >= 0.6 is 23.2 Å². The predicted molar refractivity (Wildman–Crippen MR) is 64.8 cm³/mol. The fourth-order valence-corrected chi connectivity index (χ4v) is 1.61. The SMILES string of the molecule is O=C1NN=C/C1=C/Nc1ccc(Cl)cc1Cl. The monoisotopic (exact) mass is 255 g/mol. The lowest BCUT2D eigenvalue weighted by Crippen LogP contribution is -2.12. The molecule has 0 atom stereocenters. The number of nitrogens with zero attached hydrogens (tertiary/aromatic N) is 1. The Hall–Kier alpha value is -1.52. The molecule has 0 radical (unpaired) electrons. The molecule has 0 aliphatic carbocycles. The molecule has 1 aromatic carbocycles. The molecule has 0 saturated heterocycles. The molecular weight excluding hydrogens is 249 g/mol. The molecule has 6 heteroatoms. The van der Waals surface area contributed by atoms with Crippen molar-refractivity contribution in [2.45, 2.75) is 0 Å². The van der Waals surface area contributed by atoms with Gasteiger partial charge in [-0.1, -0.05) is 23.2 Å². The van der Waals surface area contributed by atoms with Crippen molar-refractivity contribution in [3.63, 3.8) is 0 Å². The van der Waals surface area contributed by atoms with E-state index in [1.54, 1.807) is 18.2 Å². The van der Waals surface area contributed by atoms with Crippen LogP contribution in [0.4, 0.5) is 5.69 Å². The highest BCUT2D eigenvalue weighted by Gasteiger charge is 2.11. The van der Waals surface area contributed by atoms with Crippen LogP contribution in [-0.2, 0) is 4.79 Å². The van der Waals surface area contributed by atoms with Gasteiger partial charge in [-0.15, -0.1) is 0 Å². The Morgan fingerprint density at radius 3 is 2.81 bits per heavy atom. The normalized spacial score (nSPS) is 16.6. The van der Waals surface area contributed by atoms with Gasteiger partial charge in [0.25, 0.3) is 5.91 Å². The van der Waals surface area contributed by atoms with E-state index in [0.717, 1.165) is 0 Å². The lowest BCUT2D eigenvalue weighted by Gasteiger charge is -2.04. The number of hydrogen-bond acceptors (Lipinski definition) is 3. The van der Waals surface area contributed by atoms with Gasteiger partial charge in [0.1, 0.15) is 0 Å². The third kappa shape index (κ3) is 2.35. The van der Waals surface area contributed by atoms with E-state index < -0.39 is 0 Å². The summed E-state index contributed by atoms with van der Waals surface area (Å²) in [6, 6.07) is 5.05. The van der Waals surface area contributed by atoms with Gasteiger partial charge < -0.3 is 5.32 Å². The Balaban J connectivity index is 2.16. The van der Waals surface area contributed by atoms with E-state index >= 15 is 0 Å². The minimum absolute atomic E-state index is 0.252. The number of amides is 1. The van der Waals surface area contributed by atoms with Crippen LogP contribution in [0.25, 0.3) is 0 Å². The van der Waals surface area contributed by atoms with Gasteiger partial charge in [0.05, 0.1) is 22.5 Å². The molecular formula is C10H7Cl2N3O.